The van der Waals surface area contributed by atoms with Crippen molar-refractivity contribution in [2.24, 2.45) is 5.73 Å². The Bertz CT molecular complexity index is 605. The number of anilines is 1. The molecule has 0 heterocycles. The summed E-state index contributed by atoms with van der Waals surface area (Å²) in [6.07, 6.45) is 0. The van der Waals surface area contributed by atoms with Crippen molar-refractivity contribution in [2.45, 2.75) is 26.3 Å². The maximum absolute atomic E-state index is 12.3. The van der Waals surface area contributed by atoms with Crippen molar-refractivity contribution in [3.63, 3.8) is 0 Å². The van der Waals surface area contributed by atoms with E-state index < -0.39 is 0 Å². The van der Waals surface area contributed by atoms with Crippen LogP contribution >= 0.6 is 0 Å². The van der Waals surface area contributed by atoms with Gasteiger partial charge >= 0.3 is 0 Å². The molecule has 0 fully saturated rings. The van der Waals surface area contributed by atoms with E-state index in [1.807, 2.05) is 42.5 Å². The van der Waals surface area contributed by atoms with Crippen LogP contribution in [0.2, 0.25) is 0 Å². The van der Waals surface area contributed by atoms with Gasteiger partial charge in [0.05, 0.1) is 0 Å². The zero-order valence-electron chi connectivity index (χ0n) is 11.9. The Kier molecular flexibility index (Phi) is 4.53. The van der Waals surface area contributed by atoms with Crippen molar-refractivity contribution >= 4 is 11.6 Å². The number of nitrogens with two attached hydrogens (primary N) is 1. The fourth-order valence-corrected chi connectivity index (χ4v) is 2.15. The van der Waals surface area contributed by atoms with Gasteiger partial charge in [-0.05, 0) is 35.2 Å². The topological polar surface area (TPSA) is 55.1 Å². The number of para-hydroxylation sites is 1. The van der Waals surface area contributed by atoms with Crippen LogP contribution in [0.5, 0.6) is 0 Å². The van der Waals surface area contributed by atoms with Gasteiger partial charge in [-0.1, -0.05) is 44.2 Å². The molecular weight excluding hydrogens is 248 g/mol. The Morgan fingerprint density at radius 2 is 1.90 bits per heavy atom. The lowest BCUT2D eigenvalue weighted by Crippen LogP contribution is -2.14. The number of hydrogen-bond acceptors (Lipinski definition) is 2. The van der Waals surface area contributed by atoms with Crippen LogP contribution in [-0.4, -0.2) is 5.91 Å². The summed E-state index contributed by atoms with van der Waals surface area (Å²) in [5, 5.41) is 2.98. The third-order valence-electron chi connectivity index (χ3n) is 3.26. The molecule has 1 amide bonds. The molecule has 0 aromatic heterocycles. The van der Waals surface area contributed by atoms with Crippen LogP contribution in [0.4, 0.5) is 5.69 Å². The van der Waals surface area contributed by atoms with E-state index in [0.717, 1.165) is 16.8 Å². The number of amides is 1. The third kappa shape index (κ3) is 3.25. The monoisotopic (exact) mass is 268 g/mol. The van der Waals surface area contributed by atoms with Gasteiger partial charge in [-0.2, -0.15) is 0 Å². The van der Waals surface area contributed by atoms with Crippen molar-refractivity contribution < 1.29 is 4.79 Å². The Morgan fingerprint density at radius 3 is 2.60 bits per heavy atom. The lowest BCUT2D eigenvalue weighted by Gasteiger charge is -2.13. The molecule has 0 atom stereocenters. The number of hydrogen-bond donors (Lipinski definition) is 2. The molecule has 2 aromatic rings. The standard InChI is InChI=1S/C17H20N2O/c1-12(2)15-8-3-4-9-16(15)19-17(20)14-7-5-6-13(10-14)11-18/h3-10,12H,11,18H2,1-2H3,(H,19,20). The Balaban J connectivity index is 2.23. The summed E-state index contributed by atoms with van der Waals surface area (Å²) in [5.41, 5.74) is 9.19. The molecule has 0 spiro atoms. The predicted octanol–water partition coefficient (Wildman–Crippen LogP) is 3.52. The molecule has 20 heavy (non-hydrogen) atoms. The highest BCUT2D eigenvalue weighted by atomic mass is 16.1. The minimum atomic E-state index is -0.103. The fraction of sp³-hybridized carbons (Fsp3) is 0.235. The van der Waals surface area contributed by atoms with Gasteiger partial charge in [-0.3, -0.25) is 4.79 Å². The van der Waals surface area contributed by atoms with Gasteiger partial charge in [-0.25, -0.2) is 0 Å². The van der Waals surface area contributed by atoms with Crippen LogP contribution < -0.4 is 11.1 Å². The lowest BCUT2D eigenvalue weighted by atomic mass is 10.0. The molecule has 0 aliphatic rings. The molecule has 0 aliphatic heterocycles. The molecule has 3 nitrogen and oxygen atoms in total. The second-order valence-corrected chi connectivity index (χ2v) is 5.10. The van der Waals surface area contributed by atoms with E-state index in [9.17, 15) is 4.79 Å². The number of benzene rings is 2. The fourth-order valence-electron chi connectivity index (χ4n) is 2.15. The highest BCUT2D eigenvalue weighted by Crippen LogP contribution is 2.24. The zero-order chi connectivity index (χ0) is 14.5. The van der Waals surface area contributed by atoms with Gasteiger partial charge in [0.1, 0.15) is 0 Å². The van der Waals surface area contributed by atoms with Crippen molar-refractivity contribution in [1.82, 2.24) is 0 Å². The minimum Gasteiger partial charge on any atom is -0.326 e. The predicted molar refractivity (Wildman–Crippen MR) is 82.8 cm³/mol. The Hall–Kier alpha value is -2.13. The van der Waals surface area contributed by atoms with E-state index in [1.165, 1.54) is 0 Å². The largest absolute Gasteiger partial charge is 0.326 e. The van der Waals surface area contributed by atoms with Crippen molar-refractivity contribution in [1.29, 1.82) is 0 Å². The molecule has 0 unspecified atom stereocenters. The molecule has 0 saturated carbocycles. The first-order valence-corrected chi connectivity index (χ1v) is 6.81. The summed E-state index contributed by atoms with van der Waals surface area (Å²) in [6.45, 7) is 4.66. The second-order valence-electron chi connectivity index (χ2n) is 5.10. The van der Waals surface area contributed by atoms with Gasteiger partial charge in [0.25, 0.3) is 5.91 Å². The smallest absolute Gasteiger partial charge is 0.255 e. The number of carbonyl (C=O) groups is 1. The normalized spacial score (nSPS) is 10.6. The number of carbonyl (C=O) groups excluding carboxylic acids is 1. The molecule has 0 radical (unpaired) electrons. The molecule has 3 heteroatoms. The van der Waals surface area contributed by atoms with Crippen molar-refractivity contribution in [3.05, 3.63) is 65.2 Å². The molecule has 0 bridgehead atoms. The van der Waals surface area contributed by atoms with Crippen molar-refractivity contribution in [2.75, 3.05) is 5.32 Å². The quantitative estimate of drug-likeness (QED) is 0.891. The van der Waals surface area contributed by atoms with Crippen LogP contribution in [0, 0.1) is 0 Å². The third-order valence-corrected chi connectivity index (χ3v) is 3.26. The molecule has 104 valence electrons. The van der Waals surface area contributed by atoms with Gasteiger partial charge in [0.15, 0.2) is 0 Å². The summed E-state index contributed by atoms with van der Waals surface area (Å²) < 4.78 is 0. The van der Waals surface area contributed by atoms with Crippen LogP contribution in [-0.2, 0) is 6.54 Å². The molecule has 0 saturated heterocycles. The molecule has 3 N–H and O–H groups in total. The summed E-state index contributed by atoms with van der Waals surface area (Å²) in [7, 11) is 0. The van der Waals surface area contributed by atoms with Crippen LogP contribution in [0.25, 0.3) is 0 Å². The molecule has 2 aromatic carbocycles. The average Bonchev–Trinajstić information content (AvgIpc) is 2.47. The van der Waals surface area contributed by atoms with E-state index in [2.05, 4.69) is 19.2 Å². The van der Waals surface area contributed by atoms with E-state index in [1.54, 1.807) is 6.07 Å². The number of rotatable bonds is 4. The van der Waals surface area contributed by atoms with E-state index in [-0.39, 0.29) is 5.91 Å². The second kappa shape index (κ2) is 6.35. The highest BCUT2D eigenvalue weighted by molar-refractivity contribution is 6.04. The van der Waals surface area contributed by atoms with E-state index >= 15 is 0 Å². The maximum atomic E-state index is 12.3. The van der Waals surface area contributed by atoms with Gasteiger partial charge in [0, 0.05) is 17.8 Å². The average molecular weight is 268 g/mol. The van der Waals surface area contributed by atoms with Gasteiger partial charge < -0.3 is 11.1 Å². The summed E-state index contributed by atoms with van der Waals surface area (Å²) in [4.78, 5) is 12.3. The van der Waals surface area contributed by atoms with Crippen LogP contribution in [0.3, 0.4) is 0 Å². The molecule has 2 rings (SSSR count). The first kappa shape index (κ1) is 14.3. The number of nitrogens with one attached hydrogen (secondary N) is 1. The molecule has 0 aliphatic carbocycles. The minimum absolute atomic E-state index is 0.103. The summed E-state index contributed by atoms with van der Waals surface area (Å²) in [6, 6.07) is 15.3. The van der Waals surface area contributed by atoms with Gasteiger partial charge in [-0.15, -0.1) is 0 Å². The SMILES string of the molecule is CC(C)c1ccccc1NC(=O)c1cccc(CN)c1. The maximum Gasteiger partial charge on any atom is 0.255 e. The molecular formula is C17H20N2O. The van der Waals surface area contributed by atoms with Crippen LogP contribution in [0.15, 0.2) is 48.5 Å². The van der Waals surface area contributed by atoms with Crippen LogP contribution in [0.1, 0.15) is 41.3 Å². The van der Waals surface area contributed by atoms with E-state index in [0.29, 0.717) is 18.0 Å². The van der Waals surface area contributed by atoms with E-state index in [4.69, 9.17) is 5.73 Å². The lowest BCUT2D eigenvalue weighted by molar-refractivity contribution is 0.102. The zero-order valence-corrected chi connectivity index (χ0v) is 11.9. The van der Waals surface area contributed by atoms with Crippen molar-refractivity contribution in [3.8, 4) is 0 Å². The Morgan fingerprint density at radius 1 is 1.15 bits per heavy atom. The Labute approximate surface area is 119 Å². The highest BCUT2D eigenvalue weighted by Gasteiger charge is 2.10. The van der Waals surface area contributed by atoms with Gasteiger partial charge in [0.2, 0.25) is 0 Å². The summed E-state index contributed by atoms with van der Waals surface area (Å²) >= 11 is 0. The first-order chi connectivity index (χ1) is 9.61. The summed E-state index contributed by atoms with van der Waals surface area (Å²) in [5.74, 6) is 0.260. The first-order valence-electron chi connectivity index (χ1n) is 6.81.